The molecule has 1 aromatic carbocycles. The van der Waals surface area contributed by atoms with E-state index in [1.54, 1.807) is 40.8 Å². The van der Waals surface area contributed by atoms with Crippen LogP contribution in [0, 0.1) is 11.7 Å². The van der Waals surface area contributed by atoms with Gasteiger partial charge in [0.25, 0.3) is 5.91 Å². The van der Waals surface area contributed by atoms with Gasteiger partial charge in [0.15, 0.2) is 11.5 Å². The first kappa shape index (κ1) is 26.1. The second-order valence-electron chi connectivity index (χ2n) is 10.4. The number of hydrogen-bond donors (Lipinski definition) is 2. The number of nitrogens with zero attached hydrogens (tertiary/aromatic N) is 5. The van der Waals surface area contributed by atoms with Gasteiger partial charge < -0.3 is 24.4 Å². The zero-order valence-corrected chi connectivity index (χ0v) is 21.9. The topological polar surface area (TPSA) is 104 Å². The molecule has 1 aliphatic carbocycles. The minimum absolute atomic E-state index is 0.167. The summed E-state index contributed by atoms with van der Waals surface area (Å²) in [5.41, 5.74) is 1.72. The van der Waals surface area contributed by atoms with Crippen molar-refractivity contribution >= 4 is 11.7 Å². The normalized spacial score (nSPS) is 18.2. The number of amides is 1. The van der Waals surface area contributed by atoms with Crippen LogP contribution >= 0.6 is 0 Å². The van der Waals surface area contributed by atoms with Crippen molar-refractivity contribution in [1.29, 1.82) is 0 Å². The number of aromatic nitrogens is 3. The maximum absolute atomic E-state index is 13.9. The number of fused-ring (bicyclic) bond motifs is 1. The monoisotopic (exact) mass is 523 g/mol. The predicted octanol–water partition coefficient (Wildman–Crippen LogP) is 3.64. The predicted molar refractivity (Wildman–Crippen MR) is 140 cm³/mol. The molecule has 0 bridgehead atoms. The summed E-state index contributed by atoms with van der Waals surface area (Å²) >= 11 is 0. The lowest BCUT2D eigenvalue weighted by Crippen LogP contribution is -2.58. The quantitative estimate of drug-likeness (QED) is 0.418. The number of aliphatic hydroxyl groups excluding tert-OH is 2. The third-order valence-corrected chi connectivity index (χ3v) is 6.95. The van der Waals surface area contributed by atoms with Crippen LogP contribution in [0.25, 0.3) is 11.4 Å². The van der Waals surface area contributed by atoms with Crippen molar-refractivity contribution in [2.75, 3.05) is 18.1 Å². The largest absolute Gasteiger partial charge is 0.477 e. The molecule has 3 aromatic rings. The molecule has 1 aliphatic heterocycles. The van der Waals surface area contributed by atoms with Gasteiger partial charge in [-0.05, 0) is 75.8 Å². The van der Waals surface area contributed by atoms with Crippen LogP contribution in [0.4, 0.5) is 10.2 Å². The van der Waals surface area contributed by atoms with E-state index >= 15 is 0 Å². The number of pyridine rings is 1. The van der Waals surface area contributed by atoms with E-state index in [4.69, 9.17) is 9.72 Å². The van der Waals surface area contributed by atoms with Crippen LogP contribution in [-0.2, 0) is 6.54 Å². The summed E-state index contributed by atoms with van der Waals surface area (Å²) < 4.78 is 21.5. The first-order chi connectivity index (χ1) is 18.2. The minimum Gasteiger partial charge on any atom is -0.477 e. The van der Waals surface area contributed by atoms with Crippen LogP contribution in [0.15, 0.2) is 42.6 Å². The van der Waals surface area contributed by atoms with E-state index < -0.39 is 18.4 Å². The van der Waals surface area contributed by atoms with Gasteiger partial charge >= 0.3 is 0 Å². The number of benzene rings is 1. The van der Waals surface area contributed by atoms with Gasteiger partial charge in [-0.25, -0.2) is 14.4 Å². The van der Waals surface area contributed by atoms with E-state index in [1.807, 2.05) is 19.9 Å². The summed E-state index contributed by atoms with van der Waals surface area (Å²) in [6, 6.07) is 9.57. The molecule has 1 amide bonds. The van der Waals surface area contributed by atoms with Crippen LogP contribution < -0.4 is 9.64 Å². The Morgan fingerprint density at radius 2 is 1.89 bits per heavy atom. The van der Waals surface area contributed by atoms with Crippen LogP contribution in [0.2, 0.25) is 0 Å². The van der Waals surface area contributed by atoms with Gasteiger partial charge in [0.1, 0.15) is 11.6 Å². The van der Waals surface area contributed by atoms with Crippen molar-refractivity contribution < 1.29 is 24.1 Å². The maximum Gasteiger partial charge on any atom is 0.277 e. The molecule has 202 valence electrons. The number of rotatable bonds is 10. The number of carbonyl (C=O) groups is 1. The highest BCUT2D eigenvalue weighted by atomic mass is 19.1. The molecule has 2 aliphatic rings. The third kappa shape index (κ3) is 5.23. The van der Waals surface area contributed by atoms with Crippen molar-refractivity contribution in [3.05, 3.63) is 59.7 Å². The lowest BCUT2D eigenvalue weighted by molar-refractivity contribution is -0.00722. The van der Waals surface area contributed by atoms with Gasteiger partial charge in [0.05, 0.1) is 18.3 Å². The smallest absolute Gasteiger partial charge is 0.277 e. The number of halogens is 1. The van der Waals surface area contributed by atoms with Crippen LogP contribution in [-0.4, -0.2) is 67.2 Å². The second-order valence-corrected chi connectivity index (χ2v) is 10.4. The van der Waals surface area contributed by atoms with Gasteiger partial charge in [-0.1, -0.05) is 12.1 Å². The number of carbonyl (C=O) groups excluding carboxylic acids is 1. The van der Waals surface area contributed by atoms with Gasteiger partial charge in [-0.2, -0.15) is 0 Å². The Morgan fingerprint density at radius 1 is 1.16 bits per heavy atom. The first-order valence-electron chi connectivity index (χ1n) is 13.1. The highest BCUT2D eigenvalue weighted by Crippen LogP contribution is 2.39. The molecule has 1 saturated carbocycles. The molecule has 3 heterocycles. The second kappa shape index (κ2) is 10.7. The van der Waals surface area contributed by atoms with E-state index in [9.17, 15) is 19.4 Å². The molecule has 1 unspecified atom stereocenters. The summed E-state index contributed by atoms with van der Waals surface area (Å²) in [5, 5.41) is 21.1. The molecule has 38 heavy (non-hydrogen) atoms. The zero-order chi connectivity index (χ0) is 27.0. The summed E-state index contributed by atoms with van der Waals surface area (Å²) in [5.74, 6) is 1.04. The van der Waals surface area contributed by atoms with E-state index in [0.29, 0.717) is 47.7 Å². The molecule has 0 saturated heterocycles. The van der Waals surface area contributed by atoms with Crippen LogP contribution in [0.1, 0.15) is 56.1 Å². The first-order valence-corrected chi connectivity index (χ1v) is 13.1. The van der Waals surface area contributed by atoms with Crippen LogP contribution in [0.3, 0.4) is 0 Å². The van der Waals surface area contributed by atoms with Gasteiger partial charge in [0.2, 0.25) is 12.2 Å². The number of anilines is 1. The molecular formula is C28H34FN5O4. The molecular weight excluding hydrogens is 489 g/mol. The SMILES string of the molecule is CC(C)N1c2nc(-c3cccnc3OCC3CC3)n(Cc3ccc(F)cc3)c2C(=O)N(CC[C@@H](C)O)C1O. The number of hydrogen-bond acceptors (Lipinski definition) is 7. The van der Waals surface area contributed by atoms with Crippen molar-refractivity contribution in [2.24, 2.45) is 5.92 Å². The Hall–Kier alpha value is -3.50. The number of ether oxygens (including phenoxy) is 1. The summed E-state index contributed by atoms with van der Waals surface area (Å²) in [6.07, 6.45) is 2.36. The molecule has 9 nitrogen and oxygen atoms in total. The van der Waals surface area contributed by atoms with Crippen molar-refractivity contribution in [2.45, 2.75) is 65.1 Å². The molecule has 1 fully saturated rings. The van der Waals surface area contributed by atoms with E-state index in [1.165, 1.54) is 17.0 Å². The van der Waals surface area contributed by atoms with E-state index in [0.717, 1.165) is 18.4 Å². The highest BCUT2D eigenvalue weighted by molar-refractivity contribution is 6.00. The molecule has 0 radical (unpaired) electrons. The van der Waals surface area contributed by atoms with Crippen molar-refractivity contribution in [3.63, 3.8) is 0 Å². The molecule has 10 heteroatoms. The Morgan fingerprint density at radius 3 is 2.55 bits per heavy atom. The Kier molecular flexibility index (Phi) is 7.36. The minimum atomic E-state index is -1.24. The standard InChI is InChI=1S/C28H34FN5O4/c1-17(2)34-25-23(27(36)32(28(34)37)14-12-18(3)35)33(15-19-8-10-21(29)11-9-19)24(31-25)22-5-4-13-30-26(22)38-16-20-6-7-20/h4-5,8-11,13,17-18,20,28,35,37H,6-7,12,14-16H2,1-3H3/t18-,28?/m1/s1. The maximum atomic E-state index is 13.9. The third-order valence-electron chi connectivity index (χ3n) is 6.95. The zero-order valence-electron chi connectivity index (χ0n) is 21.9. The van der Waals surface area contributed by atoms with Gasteiger partial charge in [-0.15, -0.1) is 0 Å². The summed E-state index contributed by atoms with van der Waals surface area (Å²) in [6.45, 7) is 6.46. The van der Waals surface area contributed by atoms with Gasteiger partial charge in [0, 0.05) is 25.3 Å². The van der Waals surface area contributed by atoms with Crippen molar-refractivity contribution in [1.82, 2.24) is 19.4 Å². The number of imidazole rings is 1. The Bertz CT molecular complexity index is 1290. The Labute approximate surface area is 221 Å². The van der Waals surface area contributed by atoms with Gasteiger partial charge in [-0.3, -0.25) is 9.69 Å². The average Bonchev–Trinajstić information content (AvgIpc) is 3.64. The lowest BCUT2D eigenvalue weighted by Gasteiger charge is -2.42. The lowest BCUT2D eigenvalue weighted by atomic mass is 10.1. The average molecular weight is 524 g/mol. The molecule has 2 atom stereocenters. The fraction of sp³-hybridized carbons (Fsp3) is 0.464. The number of aliphatic hydroxyl groups is 2. The fourth-order valence-corrected chi connectivity index (χ4v) is 4.68. The fourth-order valence-electron chi connectivity index (χ4n) is 4.68. The summed E-state index contributed by atoms with van der Waals surface area (Å²) in [7, 11) is 0. The molecule has 0 spiro atoms. The van der Waals surface area contributed by atoms with Crippen LogP contribution in [0.5, 0.6) is 5.88 Å². The Balaban J connectivity index is 1.66. The molecule has 5 rings (SSSR count). The molecule has 2 N–H and O–H groups in total. The van der Waals surface area contributed by atoms with E-state index in [2.05, 4.69) is 4.98 Å². The molecule has 2 aromatic heterocycles. The summed E-state index contributed by atoms with van der Waals surface area (Å²) in [4.78, 5) is 26.3. The van der Waals surface area contributed by atoms with E-state index in [-0.39, 0.29) is 24.9 Å². The van der Waals surface area contributed by atoms with Crippen molar-refractivity contribution in [3.8, 4) is 17.3 Å². The highest BCUT2D eigenvalue weighted by Gasteiger charge is 2.42.